The van der Waals surface area contributed by atoms with Crippen LogP contribution in [-0.2, 0) is 22.8 Å². The fourth-order valence-electron chi connectivity index (χ4n) is 3.18. The number of aliphatic hydroxyl groups is 1. The zero-order chi connectivity index (χ0) is 22.8. The van der Waals surface area contributed by atoms with Gasteiger partial charge in [0.25, 0.3) is 5.91 Å². The molecule has 3 atom stereocenters. The molecule has 1 fully saturated rings. The van der Waals surface area contributed by atoms with Crippen molar-refractivity contribution >= 4 is 22.6 Å². The van der Waals surface area contributed by atoms with Crippen LogP contribution in [-0.4, -0.2) is 51.8 Å². The molecule has 11 heteroatoms. The molecule has 166 valence electrons. The second-order valence-electron chi connectivity index (χ2n) is 7.31. The third kappa shape index (κ3) is 4.38. The van der Waals surface area contributed by atoms with E-state index in [0.29, 0.717) is 13.2 Å². The van der Waals surface area contributed by atoms with E-state index < -0.39 is 34.9 Å². The van der Waals surface area contributed by atoms with Crippen LogP contribution in [0.2, 0.25) is 0 Å². The highest BCUT2D eigenvalue weighted by Crippen LogP contribution is 2.31. The van der Waals surface area contributed by atoms with E-state index in [4.69, 9.17) is 14.7 Å². The predicted octanol–water partition coefficient (Wildman–Crippen LogP) is 0.672. The molecule has 1 amide bonds. The smallest absolute Gasteiger partial charge is 0.276 e. The molecule has 32 heavy (non-hydrogen) atoms. The van der Waals surface area contributed by atoms with Crippen molar-refractivity contribution < 1.29 is 28.0 Å². The van der Waals surface area contributed by atoms with Gasteiger partial charge in [0.2, 0.25) is 0 Å². The normalized spacial score (nSPS) is 20.9. The summed E-state index contributed by atoms with van der Waals surface area (Å²) < 4.78 is 41.4. The first-order valence-electron chi connectivity index (χ1n) is 9.65. The minimum Gasteiger partial charge on any atom is -0.488 e. The molecule has 1 saturated heterocycles. The van der Waals surface area contributed by atoms with Gasteiger partial charge in [0.15, 0.2) is 11.4 Å². The Morgan fingerprint density at radius 3 is 2.91 bits per heavy atom. The number of aliphatic hydroxyl groups excluding tert-OH is 1. The molecule has 3 unspecified atom stereocenters. The van der Waals surface area contributed by atoms with Gasteiger partial charge in [-0.1, -0.05) is 11.8 Å². The number of hydrogen-bond donors (Lipinski definition) is 3. The summed E-state index contributed by atoms with van der Waals surface area (Å²) in [6.07, 6.45) is 0.364. The van der Waals surface area contributed by atoms with Crippen LogP contribution in [0.1, 0.15) is 16.1 Å². The van der Waals surface area contributed by atoms with Crippen molar-refractivity contribution in [3.8, 4) is 23.7 Å². The summed E-state index contributed by atoms with van der Waals surface area (Å²) in [6.45, 7) is 0.971. The molecule has 0 aliphatic carbocycles. The maximum Gasteiger partial charge on any atom is 0.276 e. The number of benzene rings is 1. The summed E-state index contributed by atoms with van der Waals surface area (Å²) in [6, 6.07) is 4.60. The Balaban J connectivity index is 1.54. The molecule has 1 aromatic heterocycles. The number of nitriles is 1. The minimum absolute atomic E-state index is 0.0728. The number of aromatic nitrogens is 1. The fourth-order valence-corrected chi connectivity index (χ4v) is 4.35. The van der Waals surface area contributed by atoms with Gasteiger partial charge in [-0.15, -0.1) is 0 Å². The van der Waals surface area contributed by atoms with Crippen molar-refractivity contribution in [2.24, 2.45) is 13.0 Å². The topological polar surface area (TPSA) is 126 Å². The number of nitrogens with one attached hydrogen (secondary N) is 2. The Hall–Kier alpha value is -3.22. The monoisotopic (exact) mass is 458 g/mol. The molecule has 9 nitrogen and oxygen atoms in total. The summed E-state index contributed by atoms with van der Waals surface area (Å²) in [4.78, 5) is 13.2. The Kier molecular flexibility index (Phi) is 6.26. The lowest BCUT2D eigenvalue weighted by Gasteiger charge is -2.21. The van der Waals surface area contributed by atoms with E-state index in [1.165, 1.54) is 22.9 Å². The molecule has 3 N–H and O–H groups in total. The second-order valence-corrected chi connectivity index (χ2v) is 8.53. The number of ether oxygens (including phenoxy) is 2. The maximum absolute atomic E-state index is 13.5. The van der Waals surface area contributed by atoms with E-state index in [1.807, 2.05) is 0 Å². The summed E-state index contributed by atoms with van der Waals surface area (Å²) in [5, 5.41) is 21.9. The zero-order valence-electron chi connectivity index (χ0n) is 16.9. The molecule has 0 spiro atoms. The van der Waals surface area contributed by atoms with E-state index in [9.17, 15) is 18.5 Å². The van der Waals surface area contributed by atoms with Crippen LogP contribution < -0.4 is 14.8 Å². The molecule has 1 aromatic carbocycles. The molecule has 4 rings (SSSR count). The van der Waals surface area contributed by atoms with Crippen molar-refractivity contribution in [1.29, 1.82) is 5.26 Å². The molecule has 0 bridgehead atoms. The Morgan fingerprint density at radius 1 is 1.44 bits per heavy atom. The quantitative estimate of drug-likeness (QED) is 0.581. The third-order valence-electron chi connectivity index (χ3n) is 4.98. The van der Waals surface area contributed by atoms with Crippen LogP contribution in [0.25, 0.3) is 0 Å². The van der Waals surface area contributed by atoms with Gasteiger partial charge in [0.05, 0.1) is 30.7 Å². The van der Waals surface area contributed by atoms with Gasteiger partial charge in [-0.05, 0) is 18.2 Å². The Morgan fingerprint density at radius 2 is 2.22 bits per heavy atom. The Bertz CT molecular complexity index is 1190. The van der Waals surface area contributed by atoms with E-state index >= 15 is 0 Å². The van der Waals surface area contributed by atoms with Crippen molar-refractivity contribution in [2.45, 2.75) is 17.0 Å². The van der Waals surface area contributed by atoms with Crippen molar-refractivity contribution in [1.82, 2.24) is 9.29 Å². The summed E-state index contributed by atoms with van der Waals surface area (Å²) >= 11 is 0. The maximum atomic E-state index is 13.5. The van der Waals surface area contributed by atoms with Crippen LogP contribution in [0.3, 0.4) is 0 Å². The number of amides is 1. The molecule has 2 aromatic rings. The number of anilines is 1. The van der Waals surface area contributed by atoms with Gasteiger partial charge in [-0.3, -0.25) is 4.79 Å². The van der Waals surface area contributed by atoms with Gasteiger partial charge in [0, 0.05) is 18.9 Å². The van der Waals surface area contributed by atoms with Crippen molar-refractivity contribution in [3.63, 3.8) is 0 Å². The Labute approximate surface area is 185 Å². The lowest BCUT2D eigenvalue weighted by Crippen LogP contribution is -2.43. The standard InChI is InChI=1S/C21H19FN4O5S/c1-26-8-18-20(19(26)21(28)24-14-3-4-15(22)13(6-14)7-23)31-11-16(25-32(18)29)17(27)5-2-12-9-30-10-12/h3-4,6,8,12,16-17,25,27H,9-11H2,1H3,(H,24,28). The number of nitrogens with zero attached hydrogens (tertiary/aromatic N) is 2. The average Bonchev–Trinajstić information content (AvgIpc) is 2.98. The van der Waals surface area contributed by atoms with Crippen molar-refractivity contribution in [2.75, 3.05) is 25.1 Å². The molecular weight excluding hydrogens is 439 g/mol. The van der Waals surface area contributed by atoms with E-state index in [2.05, 4.69) is 21.9 Å². The van der Waals surface area contributed by atoms with E-state index in [0.717, 1.165) is 6.07 Å². The van der Waals surface area contributed by atoms with Crippen LogP contribution in [0, 0.1) is 34.9 Å². The van der Waals surface area contributed by atoms with Gasteiger partial charge in [-0.2, -0.15) is 5.26 Å². The lowest BCUT2D eigenvalue weighted by molar-refractivity contribution is -0.00323. The van der Waals surface area contributed by atoms with Gasteiger partial charge in [-0.25, -0.2) is 13.3 Å². The lowest BCUT2D eigenvalue weighted by atomic mass is 10.1. The SMILES string of the molecule is Cn1cc2c(c1C(=O)Nc1ccc(F)c(C#N)c1)OCC(C(O)C#CC1COC1)NS2=O. The van der Waals surface area contributed by atoms with Crippen molar-refractivity contribution in [3.05, 3.63) is 41.5 Å². The van der Waals surface area contributed by atoms with Crippen LogP contribution >= 0.6 is 0 Å². The second kappa shape index (κ2) is 9.10. The molecular formula is C21H19FN4O5S. The predicted molar refractivity (Wildman–Crippen MR) is 111 cm³/mol. The molecule has 3 heterocycles. The number of halogens is 1. The molecule has 2 aliphatic heterocycles. The first kappa shape index (κ1) is 22.0. The summed E-state index contributed by atoms with van der Waals surface area (Å²) in [7, 11) is -0.176. The van der Waals surface area contributed by atoms with Gasteiger partial charge in [0.1, 0.15) is 40.5 Å². The zero-order valence-corrected chi connectivity index (χ0v) is 17.7. The van der Waals surface area contributed by atoms with Gasteiger partial charge >= 0.3 is 0 Å². The highest BCUT2D eigenvalue weighted by molar-refractivity contribution is 7.83. The number of rotatable bonds is 3. The highest BCUT2D eigenvalue weighted by atomic mass is 32.2. The van der Waals surface area contributed by atoms with E-state index in [-0.39, 0.29) is 40.1 Å². The molecule has 0 radical (unpaired) electrons. The highest BCUT2D eigenvalue weighted by Gasteiger charge is 2.32. The van der Waals surface area contributed by atoms with Crippen LogP contribution in [0.15, 0.2) is 29.3 Å². The fraction of sp³-hybridized carbons (Fsp3) is 0.333. The number of carbonyl (C=O) groups excluding carboxylic acids is 1. The van der Waals surface area contributed by atoms with Crippen LogP contribution in [0.5, 0.6) is 5.75 Å². The number of fused-ring (bicyclic) bond motifs is 1. The third-order valence-corrected chi connectivity index (χ3v) is 6.19. The molecule has 2 aliphatic rings. The number of carbonyl (C=O) groups is 1. The minimum atomic E-state index is -1.77. The summed E-state index contributed by atoms with van der Waals surface area (Å²) in [5.74, 6) is 4.53. The van der Waals surface area contributed by atoms with E-state index in [1.54, 1.807) is 13.1 Å². The largest absolute Gasteiger partial charge is 0.488 e. The first-order chi connectivity index (χ1) is 15.4. The summed E-state index contributed by atoms with van der Waals surface area (Å²) in [5.41, 5.74) is 0.103. The van der Waals surface area contributed by atoms with Gasteiger partial charge < -0.3 is 24.5 Å². The van der Waals surface area contributed by atoms with Crippen LogP contribution in [0.4, 0.5) is 10.1 Å². The first-order valence-corrected chi connectivity index (χ1v) is 10.8. The molecule has 0 saturated carbocycles. The number of hydrogen-bond acceptors (Lipinski definition) is 6. The number of aryl methyl sites for hydroxylation is 1. The average molecular weight is 458 g/mol.